The number of carbonyl (C=O) groups is 1. The zero-order valence-corrected chi connectivity index (χ0v) is 14.5. The Balaban J connectivity index is 0.00000220. The Morgan fingerprint density at radius 2 is 2.29 bits per heavy atom. The second-order valence-electron chi connectivity index (χ2n) is 5.40. The SMILES string of the molecule is CNC(C(=O)NC1CCCC(SC)C1)c1cnn(C)c1.Cl. The van der Waals surface area contributed by atoms with E-state index in [9.17, 15) is 4.79 Å². The topological polar surface area (TPSA) is 59.0 Å². The lowest BCUT2D eigenvalue weighted by atomic mass is 9.94. The van der Waals surface area contributed by atoms with E-state index in [0.29, 0.717) is 11.3 Å². The molecule has 3 unspecified atom stereocenters. The zero-order chi connectivity index (χ0) is 14.5. The van der Waals surface area contributed by atoms with E-state index in [2.05, 4.69) is 22.0 Å². The number of thioether (sulfide) groups is 1. The van der Waals surface area contributed by atoms with Crippen molar-refractivity contribution < 1.29 is 4.79 Å². The van der Waals surface area contributed by atoms with Crippen molar-refractivity contribution in [1.82, 2.24) is 20.4 Å². The average Bonchev–Trinajstić information content (AvgIpc) is 2.86. The van der Waals surface area contributed by atoms with Gasteiger partial charge >= 0.3 is 0 Å². The van der Waals surface area contributed by atoms with Crippen molar-refractivity contribution >= 4 is 30.1 Å². The average molecular weight is 333 g/mol. The van der Waals surface area contributed by atoms with Crippen LogP contribution in [0.4, 0.5) is 0 Å². The summed E-state index contributed by atoms with van der Waals surface area (Å²) in [5.74, 6) is 0.0484. The first-order valence-corrected chi connectivity index (χ1v) is 8.41. The highest BCUT2D eigenvalue weighted by molar-refractivity contribution is 7.99. The van der Waals surface area contributed by atoms with Crippen LogP contribution in [-0.4, -0.2) is 40.3 Å². The van der Waals surface area contributed by atoms with Crippen LogP contribution in [0.15, 0.2) is 12.4 Å². The number of halogens is 1. The summed E-state index contributed by atoms with van der Waals surface area (Å²) in [5, 5.41) is 11.1. The molecule has 1 aromatic heterocycles. The first kappa shape index (κ1) is 18.3. The van der Waals surface area contributed by atoms with Gasteiger partial charge in [-0.1, -0.05) is 6.42 Å². The number of hydrogen-bond donors (Lipinski definition) is 2. The molecule has 0 bridgehead atoms. The Labute approximate surface area is 137 Å². The largest absolute Gasteiger partial charge is 0.352 e. The Morgan fingerprint density at radius 1 is 1.52 bits per heavy atom. The molecule has 0 radical (unpaired) electrons. The number of nitrogens with zero attached hydrogens (tertiary/aromatic N) is 2. The van der Waals surface area contributed by atoms with Crippen molar-refractivity contribution in [1.29, 1.82) is 0 Å². The molecule has 21 heavy (non-hydrogen) atoms. The van der Waals surface area contributed by atoms with Crippen molar-refractivity contribution in [2.75, 3.05) is 13.3 Å². The second-order valence-corrected chi connectivity index (χ2v) is 6.54. The number of likely N-dealkylation sites (N-methyl/N-ethyl adjacent to an activating group) is 1. The lowest BCUT2D eigenvalue weighted by Crippen LogP contribution is -2.44. The number of rotatable bonds is 5. The minimum Gasteiger partial charge on any atom is -0.352 e. The summed E-state index contributed by atoms with van der Waals surface area (Å²) < 4.78 is 1.72. The van der Waals surface area contributed by atoms with E-state index in [1.807, 2.05) is 32.1 Å². The third-order valence-corrected chi connectivity index (χ3v) is 5.01. The van der Waals surface area contributed by atoms with Gasteiger partial charge in [0.2, 0.25) is 5.91 Å². The van der Waals surface area contributed by atoms with Crippen LogP contribution in [0, 0.1) is 0 Å². The molecule has 2 rings (SSSR count). The fourth-order valence-corrected chi connectivity index (χ4v) is 3.64. The molecular weight excluding hydrogens is 308 g/mol. The van der Waals surface area contributed by atoms with Gasteiger partial charge in [0.05, 0.1) is 6.20 Å². The summed E-state index contributed by atoms with van der Waals surface area (Å²) in [6.45, 7) is 0. The fourth-order valence-electron chi connectivity index (χ4n) is 2.81. The van der Waals surface area contributed by atoms with Gasteiger partial charge in [-0.25, -0.2) is 0 Å². The molecule has 0 aromatic carbocycles. The van der Waals surface area contributed by atoms with Crippen molar-refractivity contribution in [3.63, 3.8) is 0 Å². The molecular formula is C14H25ClN4OS. The minimum atomic E-state index is -0.321. The van der Waals surface area contributed by atoms with E-state index >= 15 is 0 Å². The predicted molar refractivity (Wildman–Crippen MR) is 90.0 cm³/mol. The zero-order valence-electron chi connectivity index (χ0n) is 12.8. The van der Waals surface area contributed by atoms with Crippen LogP contribution in [0.2, 0.25) is 0 Å². The summed E-state index contributed by atoms with van der Waals surface area (Å²) in [4.78, 5) is 12.4. The molecule has 120 valence electrons. The number of aromatic nitrogens is 2. The number of carbonyl (C=O) groups excluding carboxylic acids is 1. The molecule has 1 heterocycles. The molecule has 1 saturated carbocycles. The maximum absolute atomic E-state index is 12.4. The first-order valence-electron chi connectivity index (χ1n) is 7.13. The summed E-state index contributed by atoms with van der Waals surface area (Å²) in [6, 6.07) is -0.0143. The molecule has 1 amide bonds. The van der Waals surface area contributed by atoms with Gasteiger partial charge in [-0.15, -0.1) is 12.4 Å². The molecule has 0 aliphatic heterocycles. The normalized spacial score (nSPS) is 23.2. The van der Waals surface area contributed by atoms with E-state index in [0.717, 1.165) is 18.4 Å². The van der Waals surface area contributed by atoms with Crippen LogP contribution in [0.5, 0.6) is 0 Å². The van der Waals surface area contributed by atoms with Gasteiger partial charge in [-0.3, -0.25) is 9.48 Å². The van der Waals surface area contributed by atoms with E-state index in [1.165, 1.54) is 12.8 Å². The number of aryl methyl sites for hydroxylation is 1. The van der Waals surface area contributed by atoms with Crippen molar-refractivity contribution in [2.24, 2.45) is 7.05 Å². The molecule has 2 N–H and O–H groups in total. The summed E-state index contributed by atoms with van der Waals surface area (Å²) >= 11 is 1.91. The number of amides is 1. The number of nitrogens with one attached hydrogen (secondary N) is 2. The van der Waals surface area contributed by atoms with Gasteiger partial charge in [0.25, 0.3) is 0 Å². The molecule has 1 aliphatic rings. The summed E-state index contributed by atoms with van der Waals surface area (Å²) in [6.07, 6.45) is 10.4. The van der Waals surface area contributed by atoms with Crippen molar-refractivity contribution in [3.8, 4) is 0 Å². The van der Waals surface area contributed by atoms with Crippen LogP contribution in [0.1, 0.15) is 37.3 Å². The molecule has 3 atom stereocenters. The lowest BCUT2D eigenvalue weighted by molar-refractivity contribution is -0.124. The standard InChI is InChI=1S/C14H24N4OS.ClH/c1-15-13(10-8-16-18(2)9-10)14(19)17-11-5-4-6-12(7-11)20-3;/h8-9,11-13,15H,4-7H2,1-3H3,(H,17,19);1H. The van der Waals surface area contributed by atoms with E-state index < -0.39 is 0 Å². The molecule has 1 aliphatic carbocycles. The molecule has 0 spiro atoms. The maximum atomic E-state index is 12.4. The summed E-state index contributed by atoms with van der Waals surface area (Å²) in [5.41, 5.74) is 0.907. The molecule has 5 nitrogen and oxygen atoms in total. The van der Waals surface area contributed by atoms with Gasteiger partial charge in [0, 0.05) is 30.1 Å². The van der Waals surface area contributed by atoms with Crippen LogP contribution in [0.3, 0.4) is 0 Å². The molecule has 1 fully saturated rings. The Hall–Kier alpha value is -0.720. The minimum absolute atomic E-state index is 0. The van der Waals surface area contributed by atoms with Gasteiger partial charge in [-0.05, 0) is 32.6 Å². The van der Waals surface area contributed by atoms with Gasteiger partial charge in [0.1, 0.15) is 6.04 Å². The Kier molecular flexibility index (Phi) is 7.56. The highest BCUT2D eigenvalue weighted by Crippen LogP contribution is 2.27. The van der Waals surface area contributed by atoms with Crippen LogP contribution in [-0.2, 0) is 11.8 Å². The second kappa shape index (κ2) is 8.66. The smallest absolute Gasteiger partial charge is 0.242 e. The van der Waals surface area contributed by atoms with Crippen molar-refractivity contribution in [2.45, 2.75) is 43.0 Å². The third kappa shape index (κ3) is 4.90. The molecule has 1 aromatic rings. The Bertz CT molecular complexity index is 454. The van der Waals surface area contributed by atoms with Gasteiger partial charge in [0.15, 0.2) is 0 Å². The monoisotopic (exact) mass is 332 g/mol. The van der Waals surface area contributed by atoms with Crippen LogP contribution in [0.25, 0.3) is 0 Å². The van der Waals surface area contributed by atoms with Crippen LogP contribution >= 0.6 is 24.2 Å². The van der Waals surface area contributed by atoms with Crippen molar-refractivity contribution in [3.05, 3.63) is 18.0 Å². The van der Waals surface area contributed by atoms with Crippen LogP contribution < -0.4 is 10.6 Å². The lowest BCUT2D eigenvalue weighted by Gasteiger charge is -2.29. The fraction of sp³-hybridized carbons (Fsp3) is 0.714. The highest BCUT2D eigenvalue weighted by atomic mass is 35.5. The first-order chi connectivity index (χ1) is 9.63. The third-order valence-electron chi connectivity index (χ3n) is 3.91. The highest BCUT2D eigenvalue weighted by Gasteiger charge is 2.26. The van der Waals surface area contributed by atoms with E-state index in [1.54, 1.807) is 10.9 Å². The van der Waals surface area contributed by atoms with E-state index in [-0.39, 0.29) is 24.4 Å². The maximum Gasteiger partial charge on any atom is 0.242 e. The van der Waals surface area contributed by atoms with E-state index in [4.69, 9.17) is 0 Å². The summed E-state index contributed by atoms with van der Waals surface area (Å²) in [7, 11) is 3.67. The predicted octanol–water partition coefficient (Wildman–Crippen LogP) is 1.89. The quantitative estimate of drug-likeness (QED) is 0.864. The molecule has 0 saturated heterocycles. The Morgan fingerprint density at radius 3 is 2.86 bits per heavy atom. The van der Waals surface area contributed by atoms with Gasteiger partial charge in [-0.2, -0.15) is 16.9 Å². The van der Waals surface area contributed by atoms with Gasteiger partial charge < -0.3 is 10.6 Å². The number of hydrogen-bond acceptors (Lipinski definition) is 4. The molecule has 7 heteroatoms.